The van der Waals surface area contributed by atoms with Gasteiger partial charge in [-0.2, -0.15) is 4.98 Å². The number of fused-ring (bicyclic) bond motifs is 2. The Bertz CT molecular complexity index is 947. The molecular weight excluding hydrogens is 290 g/mol. The van der Waals surface area contributed by atoms with E-state index in [0.29, 0.717) is 18.1 Å². The average molecular weight is 307 g/mol. The summed E-state index contributed by atoms with van der Waals surface area (Å²) in [6.45, 7) is 3.49. The molecular formula is C17H17N5O. The first-order valence-corrected chi connectivity index (χ1v) is 7.75. The quantitative estimate of drug-likeness (QED) is 0.778. The monoisotopic (exact) mass is 307 g/mol. The molecule has 1 aliphatic heterocycles. The number of rotatable bonds is 3. The van der Waals surface area contributed by atoms with Crippen LogP contribution >= 0.6 is 0 Å². The summed E-state index contributed by atoms with van der Waals surface area (Å²) < 4.78 is 1.65. The molecule has 3 aromatic rings. The highest BCUT2D eigenvalue weighted by atomic mass is 16.1. The zero-order chi connectivity index (χ0) is 15.8. The first kappa shape index (κ1) is 13.8. The van der Waals surface area contributed by atoms with Gasteiger partial charge in [0.25, 0.3) is 5.56 Å². The third-order valence-corrected chi connectivity index (χ3v) is 4.12. The van der Waals surface area contributed by atoms with Gasteiger partial charge in [0.1, 0.15) is 5.65 Å². The summed E-state index contributed by atoms with van der Waals surface area (Å²) in [5.41, 5.74) is 4.01. The number of nitrogens with one attached hydrogen (secondary N) is 2. The van der Waals surface area contributed by atoms with Crippen LogP contribution in [0.2, 0.25) is 0 Å². The maximum absolute atomic E-state index is 11.9. The molecule has 0 bridgehead atoms. The summed E-state index contributed by atoms with van der Waals surface area (Å²) in [5.74, 6) is 0.489. The Hall–Kier alpha value is -2.89. The third-order valence-electron chi connectivity index (χ3n) is 4.12. The predicted molar refractivity (Wildman–Crippen MR) is 91.4 cm³/mol. The van der Waals surface area contributed by atoms with Crippen LogP contribution < -0.4 is 16.2 Å². The molecule has 1 aliphatic rings. The van der Waals surface area contributed by atoms with E-state index in [1.165, 1.54) is 5.56 Å². The van der Waals surface area contributed by atoms with Gasteiger partial charge >= 0.3 is 0 Å². The zero-order valence-corrected chi connectivity index (χ0v) is 12.8. The minimum absolute atomic E-state index is 0.0496. The summed E-state index contributed by atoms with van der Waals surface area (Å²) >= 11 is 0. The minimum Gasteiger partial charge on any atom is -0.384 e. The lowest BCUT2D eigenvalue weighted by atomic mass is 10.1. The van der Waals surface area contributed by atoms with Crippen LogP contribution in [0.3, 0.4) is 0 Å². The van der Waals surface area contributed by atoms with E-state index in [9.17, 15) is 4.79 Å². The van der Waals surface area contributed by atoms with Crippen LogP contribution in [0.25, 0.3) is 11.0 Å². The van der Waals surface area contributed by atoms with Gasteiger partial charge in [-0.3, -0.25) is 9.36 Å². The number of benzene rings is 1. The standard InChI is InChI=1S/C17H17N5O/c1-2-22-15(23)6-4-12-10-19-17(21-16(12)22)20-13-5-3-11-7-8-18-14(11)9-13/h3-6,9-10,18H,2,7-8H2,1H3,(H,19,20,21). The lowest BCUT2D eigenvalue weighted by molar-refractivity contribution is 0.749. The lowest BCUT2D eigenvalue weighted by Gasteiger charge is -2.10. The number of hydrogen-bond acceptors (Lipinski definition) is 5. The van der Waals surface area contributed by atoms with Gasteiger partial charge in [-0.1, -0.05) is 6.07 Å². The summed E-state index contributed by atoms with van der Waals surface area (Å²) in [4.78, 5) is 20.8. The molecule has 0 amide bonds. The molecule has 6 heteroatoms. The van der Waals surface area contributed by atoms with Crippen molar-refractivity contribution in [3.05, 3.63) is 52.4 Å². The highest BCUT2D eigenvalue weighted by Crippen LogP contribution is 2.26. The Morgan fingerprint density at radius 1 is 1.30 bits per heavy atom. The van der Waals surface area contributed by atoms with E-state index in [1.54, 1.807) is 22.9 Å². The maximum atomic E-state index is 11.9. The molecule has 0 saturated heterocycles. The van der Waals surface area contributed by atoms with Crippen LogP contribution in [0, 0.1) is 0 Å². The molecule has 6 nitrogen and oxygen atoms in total. The van der Waals surface area contributed by atoms with Gasteiger partial charge in [0.2, 0.25) is 5.95 Å². The second-order valence-corrected chi connectivity index (χ2v) is 5.56. The van der Waals surface area contributed by atoms with Gasteiger partial charge in [-0.05, 0) is 37.1 Å². The highest BCUT2D eigenvalue weighted by molar-refractivity contribution is 5.76. The fraction of sp³-hybridized carbons (Fsp3) is 0.235. The number of aromatic nitrogens is 3. The van der Waals surface area contributed by atoms with Crippen molar-refractivity contribution in [1.82, 2.24) is 14.5 Å². The molecule has 2 aromatic heterocycles. The molecule has 2 N–H and O–H groups in total. The van der Waals surface area contributed by atoms with Gasteiger partial charge in [-0.25, -0.2) is 4.98 Å². The largest absolute Gasteiger partial charge is 0.384 e. The molecule has 0 fully saturated rings. The second kappa shape index (κ2) is 5.39. The molecule has 4 rings (SSSR count). The van der Waals surface area contributed by atoms with Crippen LogP contribution in [0.4, 0.5) is 17.3 Å². The molecule has 3 heterocycles. The number of aryl methyl sites for hydroxylation is 1. The normalized spacial score (nSPS) is 12.9. The van der Waals surface area contributed by atoms with E-state index in [2.05, 4.69) is 32.7 Å². The molecule has 23 heavy (non-hydrogen) atoms. The SMILES string of the molecule is CCn1c(=O)ccc2cnc(Nc3ccc4c(c3)NCC4)nc21. The number of anilines is 3. The Morgan fingerprint density at radius 3 is 3.09 bits per heavy atom. The van der Waals surface area contributed by atoms with Crippen LogP contribution in [-0.4, -0.2) is 21.1 Å². The van der Waals surface area contributed by atoms with Crippen molar-refractivity contribution in [1.29, 1.82) is 0 Å². The summed E-state index contributed by atoms with van der Waals surface area (Å²) in [6, 6.07) is 9.51. The van der Waals surface area contributed by atoms with Gasteiger partial charge in [0, 0.05) is 42.1 Å². The topological polar surface area (TPSA) is 71.8 Å². The Kier molecular flexibility index (Phi) is 3.22. The molecule has 0 spiro atoms. The average Bonchev–Trinajstić information content (AvgIpc) is 3.02. The fourth-order valence-electron chi connectivity index (χ4n) is 2.93. The Labute approximate surface area is 133 Å². The van der Waals surface area contributed by atoms with E-state index in [4.69, 9.17) is 0 Å². The number of hydrogen-bond donors (Lipinski definition) is 2. The molecule has 0 saturated carbocycles. The Morgan fingerprint density at radius 2 is 2.22 bits per heavy atom. The predicted octanol–water partition coefficient (Wildman–Crippen LogP) is 2.52. The zero-order valence-electron chi connectivity index (χ0n) is 12.8. The van der Waals surface area contributed by atoms with E-state index in [0.717, 1.165) is 29.7 Å². The van der Waals surface area contributed by atoms with Gasteiger partial charge < -0.3 is 10.6 Å². The summed E-state index contributed by atoms with van der Waals surface area (Å²) in [7, 11) is 0. The van der Waals surface area contributed by atoms with Crippen LogP contribution in [0.15, 0.2) is 41.3 Å². The van der Waals surface area contributed by atoms with Crippen LogP contribution in [-0.2, 0) is 13.0 Å². The van der Waals surface area contributed by atoms with Crippen molar-refractivity contribution >= 4 is 28.4 Å². The van der Waals surface area contributed by atoms with Crippen molar-refractivity contribution in [3.8, 4) is 0 Å². The van der Waals surface area contributed by atoms with Crippen molar-refractivity contribution in [2.75, 3.05) is 17.2 Å². The molecule has 116 valence electrons. The minimum atomic E-state index is -0.0496. The van der Waals surface area contributed by atoms with E-state index in [-0.39, 0.29) is 5.56 Å². The van der Waals surface area contributed by atoms with Crippen molar-refractivity contribution < 1.29 is 0 Å². The van der Waals surface area contributed by atoms with Crippen LogP contribution in [0.1, 0.15) is 12.5 Å². The van der Waals surface area contributed by atoms with Crippen molar-refractivity contribution in [2.45, 2.75) is 19.9 Å². The molecule has 0 aliphatic carbocycles. The lowest BCUT2D eigenvalue weighted by Crippen LogP contribution is -2.19. The summed E-state index contributed by atoms with van der Waals surface area (Å²) in [5, 5.41) is 7.43. The van der Waals surface area contributed by atoms with Gasteiger partial charge in [-0.15, -0.1) is 0 Å². The first-order chi connectivity index (χ1) is 11.2. The maximum Gasteiger partial charge on any atom is 0.252 e. The van der Waals surface area contributed by atoms with E-state index in [1.807, 2.05) is 13.0 Å². The highest BCUT2D eigenvalue weighted by Gasteiger charge is 2.11. The third kappa shape index (κ3) is 2.42. The number of nitrogens with zero attached hydrogens (tertiary/aromatic N) is 3. The molecule has 1 aromatic carbocycles. The molecule has 0 radical (unpaired) electrons. The number of pyridine rings is 1. The van der Waals surface area contributed by atoms with Gasteiger partial charge in [0.05, 0.1) is 0 Å². The molecule has 0 unspecified atom stereocenters. The van der Waals surface area contributed by atoms with Gasteiger partial charge in [0.15, 0.2) is 0 Å². The van der Waals surface area contributed by atoms with E-state index >= 15 is 0 Å². The summed E-state index contributed by atoms with van der Waals surface area (Å²) in [6.07, 6.45) is 2.80. The Balaban J connectivity index is 1.73. The van der Waals surface area contributed by atoms with Crippen LogP contribution in [0.5, 0.6) is 0 Å². The smallest absolute Gasteiger partial charge is 0.252 e. The van der Waals surface area contributed by atoms with E-state index < -0.39 is 0 Å². The second-order valence-electron chi connectivity index (χ2n) is 5.56. The first-order valence-electron chi connectivity index (χ1n) is 7.75. The van der Waals surface area contributed by atoms with Crippen molar-refractivity contribution in [2.24, 2.45) is 0 Å². The fourth-order valence-corrected chi connectivity index (χ4v) is 2.93. The van der Waals surface area contributed by atoms with Crippen molar-refractivity contribution in [3.63, 3.8) is 0 Å². The molecule has 0 atom stereocenters.